The predicted octanol–water partition coefficient (Wildman–Crippen LogP) is 3.35. The number of aliphatic imine (C=N–C) groups is 1. The zero-order valence-corrected chi connectivity index (χ0v) is 18.0. The SMILES string of the molecule is CN=C(NCCc1cnn(C)c1)NCC1(CC(C)C)CCCC1.I. The fourth-order valence-corrected chi connectivity index (χ4v) is 3.86. The zero-order valence-electron chi connectivity index (χ0n) is 15.6. The maximum atomic E-state index is 4.37. The number of hydrogen-bond acceptors (Lipinski definition) is 2. The van der Waals surface area contributed by atoms with Gasteiger partial charge in [-0.05, 0) is 42.6 Å². The average molecular weight is 447 g/mol. The zero-order chi connectivity index (χ0) is 16.7. The van der Waals surface area contributed by atoms with Gasteiger partial charge < -0.3 is 10.6 Å². The van der Waals surface area contributed by atoms with Crippen LogP contribution in [-0.2, 0) is 13.5 Å². The van der Waals surface area contributed by atoms with Gasteiger partial charge in [-0.3, -0.25) is 9.67 Å². The van der Waals surface area contributed by atoms with Gasteiger partial charge in [-0.2, -0.15) is 5.10 Å². The molecule has 1 aliphatic rings. The van der Waals surface area contributed by atoms with Gasteiger partial charge >= 0.3 is 0 Å². The molecule has 1 aliphatic carbocycles. The molecule has 0 saturated heterocycles. The van der Waals surface area contributed by atoms with Crippen molar-refractivity contribution in [3.8, 4) is 0 Å². The highest BCUT2D eigenvalue weighted by Gasteiger charge is 2.34. The smallest absolute Gasteiger partial charge is 0.191 e. The third kappa shape index (κ3) is 6.61. The molecule has 5 nitrogen and oxygen atoms in total. The monoisotopic (exact) mass is 447 g/mol. The third-order valence-electron chi connectivity index (χ3n) is 4.82. The molecule has 0 radical (unpaired) electrons. The first-order chi connectivity index (χ1) is 11.0. The van der Waals surface area contributed by atoms with Crippen LogP contribution in [0.3, 0.4) is 0 Å². The van der Waals surface area contributed by atoms with E-state index in [2.05, 4.69) is 40.8 Å². The Morgan fingerprint density at radius 1 is 1.33 bits per heavy atom. The van der Waals surface area contributed by atoms with Crippen molar-refractivity contribution < 1.29 is 0 Å². The fraction of sp³-hybridized carbons (Fsp3) is 0.778. The molecule has 138 valence electrons. The number of nitrogens with zero attached hydrogens (tertiary/aromatic N) is 3. The molecule has 2 rings (SSSR count). The van der Waals surface area contributed by atoms with E-state index in [1.807, 2.05) is 25.0 Å². The van der Waals surface area contributed by atoms with Crippen molar-refractivity contribution in [1.29, 1.82) is 0 Å². The van der Waals surface area contributed by atoms with E-state index in [9.17, 15) is 0 Å². The summed E-state index contributed by atoms with van der Waals surface area (Å²) >= 11 is 0. The first-order valence-electron chi connectivity index (χ1n) is 8.95. The topological polar surface area (TPSA) is 54.2 Å². The van der Waals surface area contributed by atoms with Gasteiger partial charge in [0.1, 0.15) is 0 Å². The van der Waals surface area contributed by atoms with Crippen molar-refractivity contribution in [1.82, 2.24) is 20.4 Å². The predicted molar refractivity (Wildman–Crippen MR) is 112 cm³/mol. The number of guanidine groups is 1. The Kier molecular flexibility index (Phi) is 9.08. The lowest BCUT2D eigenvalue weighted by atomic mass is 9.78. The Balaban J connectivity index is 0.00000288. The lowest BCUT2D eigenvalue weighted by Gasteiger charge is -2.31. The van der Waals surface area contributed by atoms with Crippen LogP contribution in [0, 0.1) is 11.3 Å². The summed E-state index contributed by atoms with van der Waals surface area (Å²) in [6.45, 7) is 6.59. The minimum Gasteiger partial charge on any atom is -0.356 e. The van der Waals surface area contributed by atoms with E-state index in [0.717, 1.165) is 31.4 Å². The standard InChI is InChI=1S/C18H33N5.HI/c1-15(2)11-18(8-5-6-9-18)14-21-17(19-3)20-10-7-16-12-22-23(4)13-16;/h12-13,15H,5-11,14H2,1-4H3,(H2,19,20,21);1H. The molecular formula is C18H34IN5. The van der Waals surface area contributed by atoms with Gasteiger partial charge in [-0.1, -0.05) is 26.7 Å². The summed E-state index contributed by atoms with van der Waals surface area (Å²) < 4.78 is 1.85. The number of hydrogen-bond donors (Lipinski definition) is 2. The lowest BCUT2D eigenvalue weighted by molar-refractivity contribution is 0.235. The van der Waals surface area contributed by atoms with Crippen molar-refractivity contribution in [2.24, 2.45) is 23.4 Å². The highest BCUT2D eigenvalue weighted by Crippen LogP contribution is 2.42. The maximum absolute atomic E-state index is 4.37. The molecule has 1 saturated carbocycles. The van der Waals surface area contributed by atoms with Crippen molar-refractivity contribution >= 4 is 29.9 Å². The van der Waals surface area contributed by atoms with Crippen LogP contribution in [-0.4, -0.2) is 35.9 Å². The molecule has 0 unspecified atom stereocenters. The Morgan fingerprint density at radius 3 is 2.58 bits per heavy atom. The highest BCUT2D eigenvalue weighted by atomic mass is 127. The van der Waals surface area contributed by atoms with Crippen molar-refractivity contribution in [3.63, 3.8) is 0 Å². The minimum absolute atomic E-state index is 0. The van der Waals surface area contributed by atoms with Crippen LogP contribution in [0.5, 0.6) is 0 Å². The van der Waals surface area contributed by atoms with Crippen molar-refractivity contribution in [2.45, 2.75) is 52.4 Å². The average Bonchev–Trinajstić information content (AvgIpc) is 3.12. The van der Waals surface area contributed by atoms with Crippen LogP contribution in [0.2, 0.25) is 0 Å². The van der Waals surface area contributed by atoms with Crippen LogP contribution in [0.25, 0.3) is 0 Å². The Hall–Kier alpha value is -0.790. The molecule has 0 amide bonds. The maximum Gasteiger partial charge on any atom is 0.191 e. The third-order valence-corrected chi connectivity index (χ3v) is 4.82. The first kappa shape index (κ1) is 21.3. The summed E-state index contributed by atoms with van der Waals surface area (Å²) in [4.78, 5) is 4.37. The van der Waals surface area contributed by atoms with E-state index in [1.165, 1.54) is 37.7 Å². The molecule has 1 fully saturated rings. The van der Waals surface area contributed by atoms with Gasteiger partial charge in [0.15, 0.2) is 5.96 Å². The largest absolute Gasteiger partial charge is 0.356 e. The number of nitrogens with one attached hydrogen (secondary N) is 2. The Labute approximate surface area is 164 Å². The number of halogens is 1. The molecule has 0 spiro atoms. The van der Waals surface area contributed by atoms with Crippen LogP contribution in [0.4, 0.5) is 0 Å². The van der Waals surface area contributed by atoms with Crippen LogP contribution in [0.1, 0.15) is 51.5 Å². The lowest BCUT2D eigenvalue weighted by Crippen LogP contribution is -2.44. The molecule has 0 aromatic carbocycles. The summed E-state index contributed by atoms with van der Waals surface area (Å²) in [6.07, 6.45) is 11.7. The van der Waals surface area contributed by atoms with E-state index in [4.69, 9.17) is 0 Å². The fourth-order valence-electron chi connectivity index (χ4n) is 3.86. The van der Waals surface area contributed by atoms with Gasteiger partial charge in [0.25, 0.3) is 0 Å². The van der Waals surface area contributed by atoms with E-state index < -0.39 is 0 Å². The van der Waals surface area contributed by atoms with Gasteiger partial charge in [-0.15, -0.1) is 24.0 Å². The first-order valence-corrected chi connectivity index (χ1v) is 8.95. The van der Waals surface area contributed by atoms with E-state index in [0.29, 0.717) is 5.41 Å². The van der Waals surface area contributed by atoms with Crippen LogP contribution in [0.15, 0.2) is 17.4 Å². The summed E-state index contributed by atoms with van der Waals surface area (Å²) in [5.41, 5.74) is 1.72. The van der Waals surface area contributed by atoms with Gasteiger partial charge in [-0.25, -0.2) is 0 Å². The van der Waals surface area contributed by atoms with Crippen LogP contribution < -0.4 is 10.6 Å². The van der Waals surface area contributed by atoms with Gasteiger partial charge in [0.05, 0.1) is 6.20 Å². The van der Waals surface area contributed by atoms with E-state index in [-0.39, 0.29) is 24.0 Å². The molecule has 6 heteroatoms. The van der Waals surface area contributed by atoms with E-state index in [1.54, 1.807) is 0 Å². The van der Waals surface area contributed by atoms with Crippen molar-refractivity contribution in [3.05, 3.63) is 18.0 Å². The summed E-state index contributed by atoms with van der Waals surface area (Å²) in [7, 11) is 3.80. The molecule has 0 aliphatic heterocycles. The Morgan fingerprint density at radius 2 is 2.04 bits per heavy atom. The van der Waals surface area contributed by atoms with E-state index >= 15 is 0 Å². The number of rotatable bonds is 7. The molecule has 1 aromatic rings. The summed E-state index contributed by atoms with van der Waals surface area (Å²) in [6, 6.07) is 0. The number of aromatic nitrogens is 2. The van der Waals surface area contributed by atoms with Crippen molar-refractivity contribution in [2.75, 3.05) is 20.1 Å². The second-order valence-electron chi connectivity index (χ2n) is 7.43. The molecule has 0 atom stereocenters. The molecule has 24 heavy (non-hydrogen) atoms. The Bertz CT molecular complexity index is 503. The van der Waals surface area contributed by atoms with Gasteiger partial charge in [0.2, 0.25) is 0 Å². The minimum atomic E-state index is 0. The van der Waals surface area contributed by atoms with Gasteiger partial charge in [0, 0.05) is 33.4 Å². The second-order valence-corrected chi connectivity index (χ2v) is 7.43. The quantitative estimate of drug-likeness (QED) is 0.383. The second kappa shape index (κ2) is 10.3. The normalized spacial score (nSPS) is 17.0. The summed E-state index contributed by atoms with van der Waals surface area (Å²) in [5, 5.41) is 11.2. The molecule has 1 heterocycles. The van der Waals surface area contributed by atoms with Crippen LogP contribution >= 0.6 is 24.0 Å². The number of aryl methyl sites for hydroxylation is 1. The molecular weight excluding hydrogens is 413 g/mol. The summed E-state index contributed by atoms with van der Waals surface area (Å²) in [5.74, 6) is 1.68. The highest BCUT2D eigenvalue weighted by molar-refractivity contribution is 14.0. The molecule has 0 bridgehead atoms. The molecule has 1 aromatic heterocycles. The molecule has 2 N–H and O–H groups in total.